The Morgan fingerprint density at radius 3 is 2.13 bits per heavy atom. The van der Waals surface area contributed by atoms with Gasteiger partial charge >= 0.3 is 0 Å². The van der Waals surface area contributed by atoms with E-state index in [9.17, 15) is 13.2 Å². The van der Waals surface area contributed by atoms with Crippen LogP contribution in [0.25, 0.3) is 0 Å². The summed E-state index contributed by atoms with van der Waals surface area (Å²) in [5.74, 6) is 0.132. The molecule has 2 rings (SSSR count). The van der Waals surface area contributed by atoms with E-state index in [4.69, 9.17) is 4.43 Å². The summed E-state index contributed by atoms with van der Waals surface area (Å²) in [4.78, 5) is 12.5. The second-order valence-electron chi connectivity index (χ2n) is 8.76. The lowest BCUT2D eigenvalue weighted by Gasteiger charge is -2.38. The highest BCUT2D eigenvalue weighted by Crippen LogP contribution is 2.40. The standard InChI is InChI=1S/C17H32O4SSi/c1-17(2,3)23(4,5)21-10-9-16(18)13-11-14-7-6-8-15(12-13)22(14,19)20/h13-15H,6-12H2,1-5H3. The lowest BCUT2D eigenvalue weighted by Crippen LogP contribution is -2.45. The Morgan fingerprint density at radius 2 is 1.65 bits per heavy atom. The summed E-state index contributed by atoms with van der Waals surface area (Å²) < 4.78 is 30.7. The zero-order chi connectivity index (χ0) is 17.5. The highest BCUT2D eigenvalue weighted by molar-refractivity contribution is 7.92. The Bertz CT molecular complexity index is 527. The van der Waals surface area contributed by atoms with Crippen molar-refractivity contribution in [1.29, 1.82) is 0 Å². The van der Waals surface area contributed by atoms with E-state index in [1.807, 2.05) is 0 Å². The van der Waals surface area contributed by atoms with Gasteiger partial charge in [0, 0.05) is 18.9 Å². The molecule has 23 heavy (non-hydrogen) atoms. The number of hydrogen-bond acceptors (Lipinski definition) is 4. The van der Waals surface area contributed by atoms with Crippen LogP contribution < -0.4 is 0 Å². The molecule has 0 aromatic heterocycles. The first kappa shape index (κ1) is 19.1. The van der Waals surface area contributed by atoms with E-state index in [0.29, 0.717) is 25.9 Å². The number of Topliss-reactive ketones (excluding diaryl/α,β-unsaturated/α-hetero) is 1. The molecule has 2 unspecified atom stereocenters. The Kier molecular flexibility index (Phi) is 5.49. The number of hydrogen-bond donors (Lipinski definition) is 0. The third-order valence-corrected chi connectivity index (χ3v) is 13.4. The molecule has 0 aromatic carbocycles. The number of ketones is 1. The molecular weight excluding hydrogens is 328 g/mol. The predicted molar refractivity (Wildman–Crippen MR) is 95.8 cm³/mol. The van der Waals surface area contributed by atoms with Gasteiger partial charge in [-0.3, -0.25) is 4.79 Å². The van der Waals surface area contributed by atoms with Crippen LogP contribution in [0.15, 0.2) is 0 Å². The van der Waals surface area contributed by atoms with E-state index in [1.54, 1.807) is 0 Å². The second-order valence-corrected chi connectivity index (χ2v) is 16.1. The van der Waals surface area contributed by atoms with Gasteiger partial charge in [-0.2, -0.15) is 0 Å². The van der Waals surface area contributed by atoms with Gasteiger partial charge in [-0.05, 0) is 43.8 Å². The van der Waals surface area contributed by atoms with Crippen molar-refractivity contribution in [2.75, 3.05) is 6.61 Å². The molecular formula is C17H32O4SSi. The number of carbonyl (C=O) groups excluding carboxylic acids is 1. The minimum absolute atomic E-state index is 0.0724. The van der Waals surface area contributed by atoms with E-state index in [0.717, 1.165) is 19.3 Å². The van der Waals surface area contributed by atoms with Crippen LogP contribution in [0.3, 0.4) is 0 Å². The van der Waals surface area contributed by atoms with Crippen LogP contribution in [-0.4, -0.2) is 39.6 Å². The van der Waals surface area contributed by atoms with Crippen molar-refractivity contribution in [3.8, 4) is 0 Å². The summed E-state index contributed by atoms with van der Waals surface area (Å²) >= 11 is 0. The minimum atomic E-state index is -2.97. The molecule has 6 heteroatoms. The SMILES string of the molecule is CC(C)(C)[Si](C)(C)OCCC(=O)C1CC2CCCC(C1)S2(=O)=O. The Morgan fingerprint density at radius 1 is 1.13 bits per heavy atom. The van der Waals surface area contributed by atoms with Crippen molar-refractivity contribution in [2.45, 2.75) is 87.9 Å². The van der Waals surface area contributed by atoms with Crippen molar-refractivity contribution < 1.29 is 17.6 Å². The number of sulfone groups is 1. The average Bonchev–Trinajstić information content (AvgIpc) is 2.35. The van der Waals surface area contributed by atoms with Gasteiger partial charge in [-0.1, -0.05) is 27.2 Å². The van der Waals surface area contributed by atoms with E-state index in [1.165, 1.54) is 0 Å². The fraction of sp³-hybridized carbons (Fsp3) is 0.941. The number of rotatable bonds is 5. The van der Waals surface area contributed by atoms with Crippen LogP contribution in [0.1, 0.15) is 59.3 Å². The van der Waals surface area contributed by atoms with Gasteiger partial charge in [0.1, 0.15) is 5.78 Å². The molecule has 4 nitrogen and oxygen atoms in total. The summed E-state index contributed by atoms with van der Waals surface area (Å²) in [6.07, 6.45) is 3.97. The molecule has 2 aliphatic rings. The molecule has 2 aliphatic heterocycles. The molecule has 0 saturated carbocycles. The van der Waals surface area contributed by atoms with Gasteiger partial charge in [-0.25, -0.2) is 8.42 Å². The topological polar surface area (TPSA) is 60.4 Å². The number of carbonyl (C=O) groups is 1. The first-order chi connectivity index (χ1) is 10.4. The third kappa shape index (κ3) is 4.07. The van der Waals surface area contributed by atoms with Crippen molar-refractivity contribution in [3.63, 3.8) is 0 Å². The molecule has 2 atom stereocenters. The second kappa shape index (κ2) is 6.60. The van der Waals surface area contributed by atoms with E-state index >= 15 is 0 Å². The Balaban J connectivity index is 1.88. The maximum Gasteiger partial charge on any atom is 0.191 e. The lowest BCUT2D eigenvalue weighted by atomic mass is 9.86. The van der Waals surface area contributed by atoms with Crippen molar-refractivity contribution in [2.24, 2.45) is 5.92 Å². The lowest BCUT2D eigenvalue weighted by molar-refractivity contribution is -0.124. The Labute approximate surface area is 142 Å². The van der Waals surface area contributed by atoms with Crippen LogP contribution in [0, 0.1) is 5.92 Å². The summed E-state index contributed by atoms with van der Waals surface area (Å²) in [6.45, 7) is 11.4. The maximum atomic E-state index is 12.5. The molecule has 134 valence electrons. The number of fused-ring (bicyclic) bond motifs is 2. The molecule has 0 amide bonds. The quantitative estimate of drug-likeness (QED) is 0.701. The molecule has 2 saturated heterocycles. The predicted octanol–water partition coefficient (Wildman–Crippen LogP) is 3.71. The van der Waals surface area contributed by atoms with Crippen LogP contribution in [0.4, 0.5) is 0 Å². The maximum absolute atomic E-state index is 12.5. The van der Waals surface area contributed by atoms with Gasteiger partial charge < -0.3 is 4.43 Å². The monoisotopic (exact) mass is 360 g/mol. The molecule has 2 fully saturated rings. The van der Waals surface area contributed by atoms with E-state index < -0.39 is 18.2 Å². The fourth-order valence-corrected chi connectivity index (χ4v) is 7.08. The summed E-state index contributed by atoms with van der Waals surface area (Å²) in [5.41, 5.74) is 0. The van der Waals surface area contributed by atoms with Gasteiger partial charge in [-0.15, -0.1) is 0 Å². The van der Waals surface area contributed by atoms with Gasteiger partial charge in [0.05, 0.1) is 10.5 Å². The van der Waals surface area contributed by atoms with E-state index in [2.05, 4.69) is 33.9 Å². The highest BCUT2D eigenvalue weighted by Gasteiger charge is 2.45. The molecule has 0 aliphatic carbocycles. The van der Waals surface area contributed by atoms with Crippen LogP contribution in [0.2, 0.25) is 18.1 Å². The van der Waals surface area contributed by atoms with Gasteiger partial charge in [0.2, 0.25) is 0 Å². The normalized spacial score (nSPS) is 30.9. The molecule has 0 N–H and O–H groups in total. The highest BCUT2D eigenvalue weighted by atomic mass is 32.2. The van der Waals surface area contributed by atoms with Crippen molar-refractivity contribution in [3.05, 3.63) is 0 Å². The van der Waals surface area contributed by atoms with Crippen LogP contribution >= 0.6 is 0 Å². The first-order valence-corrected chi connectivity index (χ1v) is 13.4. The average molecular weight is 361 g/mol. The Hall–Kier alpha value is -0.203. The summed E-state index contributed by atoms with van der Waals surface area (Å²) in [7, 11) is -4.79. The molecule has 0 spiro atoms. The van der Waals surface area contributed by atoms with Crippen molar-refractivity contribution in [1.82, 2.24) is 0 Å². The molecule has 0 aromatic rings. The molecule has 0 radical (unpaired) electrons. The third-order valence-electron chi connectivity index (χ3n) is 6.15. The molecule has 2 heterocycles. The van der Waals surface area contributed by atoms with Gasteiger partial charge in [0.25, 0.3) is 0 Å². The van der Waals surface area contributed by atoms with Gasteiger partial charge in [0.15, 0.2) is 18.2 Å². The zero-order valence-corrected chi connectivity index (χ0v) is 17.0. The fourth-order valence-electron chi connectivity index (χ4n) is 3.50. The van der Waals surface area contributed by atoms with Crippen molar-refractivity contribution >= 4 is 23.9 Å². The molecule has 2 bridgehead atoms. The summed E-state index contributed by atoms with van der Waals surface area (Å²) in [6, 6.07) is 0. The van der Waals surface area contributed by atoms with Crippen LogP contribution in [0.5, 0.6) is 0 Å². The van der Waals surface area contributed by atoms with Crippen LogP contribution in [-0.2, 0) is 19.1 Å². The summed E-state index contributed by atoms with van der Waals surface area (Å²) in [5, 5.41) is -0.401. The zero-order valence-electron chi connectivity index (χ0n) is 15.2. The first-order valence-electron chi connectivity index (χ1n) is 8.84. The van der Waals surface area contributed by atoms with E-state index in [-0.39, 0.29) is 27.2 Å². The smallest absolute Gasteiger partial charge is 0.191 e. The minimum Gasteiger partial charge on any atom is -0.416 e. The largest absolute Gasteiger partial charge is 0.416 e.